The SMILES string of the molecule is CCC(CC)N(C)C(=O)CNC(C)(C)C. The zero-order valence-corrected chi connectivity index (χ0v) is 11.1. The van der Waals surface area contributed by atoms with E-state index < -0.39 is 0 Å². The van der Waals surface area contributed by atoms with Crippen molar-refractivity contribution in [2.45, 2.75) is 59.0 Å². The van der Waals surface area contributed by atoms with Gasteiger partial charge in [0.2, 0.25) is 5.91 Å². The maximum atomic E-state index is 11.8. The second-order valence-electron chi connectivity index (χ2n) is 5.08. The molecule has 0 unspecified atom stereocenters. The Morgan fingerprint density at radius 3 is 2.07 bits per heavy atom. The Balaban J connectivity index is 4.09. The maximum absolute atomic E-state index is 11.8. The summed E-state index contributed by atoms with van der Waals surface area (Å²) in [6.45, 7) is 10.9. The molecule has 1 amide bonds. The van der Waals surface area contributed by atoms with Gasteiger partial charge >= 0.3 is 0 Å². The van der Waals surface area contributed by atoms with E-state index in [2.05, 4.69) is 39.9 Å². The van der Waals surface area contributed by atoms with Gasteiger partial charge in [-0.05, 0) is 33.6 Å². The summed E-state index contributed by atoms with van der Waals surface area (Å²) in [5.41, 5.74) is 0.00439. The van der Waals surface area contributed by atoms with E-state index in [4.69, 9.17) is 0 Å². The molecule has 0 saturated heterocycles. The van der Waals surface area contributed by atoms with Crippen molar-refractivity contribution in [3.05, 3.63) is 0 Å². The Labute approximate surface area is 94.2 Å². The van der Waals surface area contributed by atoms with Crippen molar-refractivity contribution in [2.75, 3.05) is 13.6 Å². The van der Waals surface area contributed by atoms with Crippen LogP contribution < -0.4 is 5.32 Å². The summed E-state index contributed by atoms with van der Waals surface area (Å²) in [5.74, 6) is 0.179. The molecule has 0 aliphatic rings. The van der Waals surface area contributed by atoms with Crippen molar-refractivity contribution in [3.8, 4) is 0 Å². The van der Waals surface area contributed by atoms with Crippen LogP contribution in [0.1, 0.15) is 47.5 Å². The zero-order chi connectivity index (χ0) is 12.1. The first-order valence-electron chi connectivity index (χ1n) is 5.82. The van der Waals surface area contributed by atoms with E-state index in [0.717, 1.165) is 12.8 Å². The molecular formula is C12H26N2O. The number of nitrogens with zero attached hydrogens (tertiary/aromatic N) is 1. The van der Waals surface area contributed by atoms with E-state index in [1.54, 1.807) is 0 Å². The first kappa shape index (κ1) is 14.4. The summed E-state index contributed by atoms with van der Waals surface area (Å²) in [7, 11) is 1.89. The highest BCUT2D eigenvalue weighted by Crippen LogP contribution is 2.06. The molecule has 0 aromatic heterocycles. The zero-order valence-electron chi connectivity index (χ0n) is 11.1. The Bertz CT molecular complexity index is 192. The number of nitrogens with one attached hydrogen (secondary N) is 1. The van der Waals surface area contributed by atoms with Crippen LogP contribution in [0.15, 0.2) is 0 Å². The molecule has 0 aromatic rings. The monoisotopic (exact) mass is 214 g/mol. The van der Waals surface area contributed by atoms with E-state index in [9.17, 15) is 4.79 Å². The predicted molar refractivity (Wildman–Crippen MR) is 64.9 cm³/mol. The first-order chi connectivity index (χ1) is 6.81. The van der Waals surface area contributed by atoms with Crippen molar-refractivity contribution in [2.24, 2.45) is 0 Å². The van der Waals surface area contributed by atoms with Crippen LogP contribution in [0.25, 0.3) is 0 Å². The lowest BCUT2D eigenvalue weighted by molar-refractivity contribution is -0.131. The summed E-state index contributed by atoms with van der Waals surface area (Å²) in [6.07, 6.45) is 2.04. The van der Waals surface area contributed by atoms with Crippen LogP contribution in [0, 0.1) is 0 Å². The van der Waals surface area contributed by atoms with Crippen LogP contribution in [0.4, 0.5) is 0 Å². The van der Waals surface area contributed by atoms with E-state index >= 15 is 0 Å². The van der Waals surface area contributed by atoms with Crippen LogP contribution in [0.5, 0.6) is 0 Å². The molecule has 90 valence electrons. The smallest absolute Gasteiger partial charge is 0.236 e. The van der Waals surface area contributed by atoms with Crippen molar-refractivity contribution in [1.29, 1.82) is 0 Å². The van der Waals surface area contributed by atoms with E-state index in [1.807, 2.05) is 11.9 Å². The topological polar surface area (TPSA) is 32.3 Å². The fraction of sp³-hybridized carbons (Fsp3) is 0.917. The molecule has 0 heterocycles. The molecular weight excluding hydrogens is 188 g/mol. The van der Waals surface area contributed by atoms with Gasteiger partial charge in [-0.3, -0.25) is 4.79 Å². The molecule has 15 heavy (non-hydrogen) atoms. The number of hydrogen-bond acceptors (Lipinski definition) is 2. The van der Waals surface area contributed by atoms with Gasteiger partial charge in [0.05, 0.1) is 6.54 Å². The lowest BCUT2D eigenvalue weighted by Crippen LogP contribution is -2.46. The van der Waals surface area contributed by atoms with Gasteiger partial charge in [-0.25, -0.2) is 0 Å². The summed E-state index contributed by atoms with van der Waals surface area (Å²) < 4.78 is 0. The molecule has 0 saturated carbocycles. The Morgan fingerprint density at radius 2 is 1.73 bits per heavy atom. The Hall–Kier alpha value is -0.570. The first-order valence-corrected chi connectivity index (χ1v) is 5.82. The summed E-state index contributed by atoms with van der Waals surface area (Å²) in [6, 6.07) is 0.374. The third-order valence-corrected chi connectivity index (χ3v) is 2.65. The van der Waals surface area contributed by atoms with Gasteiger partial charge in [-0.2, -0.15) is 0 Å². The standard InChI is InChI=1S/C12H26N2O/c1-7-10(8-2)14(6)11(15)9-13-12(3,4)5/h10,13H,7-9H2,1-6H3. The molecule has 0 aliphatic heterocycles. The van der Waals surface area contributed by atoms with Gasteiger partial charge in [0.25, 0.3) is 0 Å². The highest BCUT2D eigenvalue weighted by Gasteiger charge is 2.18. The maximum Gasteiger partial charge on any atom is 0.236 e. The molecule has 3 nitrogen and oxygen atoms in total. The van der Waals surface area contributed by atoms with Gasteiger partial charge in [0, 0.05) is 18.6 Å². The van der Waals surface area contributed by atoms with E-state index in [1.165, 1.54) is 0 Å². The van der Waals surface area contributed by atoms with Crippen molar-refractivity contribution >= 4 is 5.91 Å². The van der Waals surface area contributed by atoms with Gasteiger partial charge in [0.1, 0.15) is 0 Å². The second-order valence-corrected chi connectivity index (χ2v) is 5.08. The lowest BCUT2D eigenvalue weighted by Gasteiger charge is -2.28. The largest absolute Gasteiger partial charge is 0.342 e. The summed E-state index contributed by atoms with van der Waals surface area (Å²) in [5, 5.41) is 3.21. The summed E-state index contributed by atoms with van der Waals surface area (Å²) >= 11 is 0. The molecule has 0 radical (unpaired) electrons. The normalized spacial score (nSPS) is 11.9. The molecule has 0 rings (SSSR count). The second kappa shape index (κ2) is 6.11. The third kappa shape index (κ3) is 5.78. The van der Waals surface area contributed by atoms with Gasteiger partial charge in [-0.1, -0.05) is 13.8 Å². The van der Waals surface area contributed by atoms with Crippen LogP contribution in [0.3, 0.4) is 0 Å². The van der Waals surface area contributed by atoms with E-state index in [0.29, 0.717) is 12.6 Å². The highest BCUT2D eigenvalue weighted by atomic mass is 16.2. The minimum atomic E-state index is 0.00439. The Morgan fingerprint density at radius 1 is 1.27 bits per heavy atom. The highest BCUT2D eigenvalue weighted by molar-refractivity contribution is 5.78. The quantitative estimate of drug-likeness (QED) is 0.759. The van der Waals surface area contributed by atoms with Crippen molar-refractivity contribution in [1.82, 2.24) is 10.2 Å². The molecule has 0 aliphatic carbocycles. The summed E-state index contributed by atoms with van der Waals surface area (Å²) in [4.78, 5) is 13.7. The fourth-order valence-electron chi connectivity index (χ4n) is 1.51. The average Bonchev–Trinajstić information content (AvgIpc) is 2.14. The molecule has 0 bridgehead atoms. The Kier molecular flexibility index (Phi) is 5.88. The molecule has 0 spiro atoms. The van der Waals surface area contributed by atoms with Crippen LogP contribution in [-0.2, 0) is 4.79 Å². The van der Waals surface area contributed by atoms with Gasteiger partial charge in [0.15, 0.2) is 0 Å². The average molecular weight is 214 g/mol. The van der Waals surface area contributed by atoms with Crippen LogP contribution >= 0.6 is 0 Å². The number of likely N-dealkylation sites (N-methyl/N-ethyl adjacent to an activating group) is 1. The third-order valence-electron chi connectivity index (χ3n) is 2.65. The number of carbonyl (C=O) groups excluding carboxylic acids is 1. The molecule has 3 heteroatoms. The van der Waals surface area contributed by atoms with Crippen LogP contribution in [0.2, 0.25) is 0 Å². The number of amides is 1. The molecule has 0 fully saturated rings. The van der Waals surface area contributed by atoms with E-state index in [-0.39, 0.29) is 11.4 Å². The molecule has 0 aromatic carbocycles. The fourth-order valence-corrected chi connectivity index (χ4v) is 1.51. The number of hydrogen-bond donors (Lipinski definition) is 1. The van der Waals surface area contributed by atoms with Gasteiger partial charge in [-0.15, -0.1) is 0 Å². The van der Waals surface area contributed by atoms with Crippen molar-refractivity contribution < 1.29 is 4.79 Å². The van der Waals surface area contributed by atoms with Crippen molar-refractivity contribution in [3.63, 3.8) is 0 Å². The number of rotatable bonds is 5. The predicted octanol–water partition coefficient (Wildman–Crippen LogP) is 2.02. The minimum Gasteiger partial charge on any atom is -0.342 e. The number of carbonyl (C=O) groups is 1. The van der Waals surface area contributed by atoms with Gasteiger partial charge < -0.3 is 10.2 Å². The molecule has 0 atom stereocenters. The minimum absolute atomic E-state index is 0.00439. The molecule has 1 N–H and O–H groups in total. The van der Waals surface area contributed by atoms with Crippen LogP contribution in [-0.4, -0.2) is 36.0 Å². The lowest BCUT2D eigenvalue weighted by atomic mass is 10.1.